The molecule has 0 amide bonds. The molecule has 0 aliphatic heterocycles. The minimum absolute atomic E-state index is 0.784. The Labute approximate surface area is 101 Å². The maximum Gasteiger partial charge on any atom is 0.0729 e. The number of anilines is 1. The molecule has 0 bridgehead atoms. The maximum atomic E-state index is 4.52. The summed E-state index contributed by atoms with van der Waals surface area (Å²) in [5.74, 6) is 0. The van der Waals surface area contributed by atoms with Crippen LogP contribution in [0.15, 0.2) is 18.5 Å². The summed E-state index contributed by atoms with van der Waals surface area (Å²) in [6.07, 6.45) is 4.77. The normalized spacial score (nSPS) is 10.8. The summed E-state index contributed by atoms with van der Waals surface area (Å²) in [7, 11) is 1.91. The van der Waals surface area contributed by atoms with Crippen LogP contribution in [0.5, 0.6) is 0 Å². The minimum Gasteiger partial charge on any atom is -0.377 e. The van der Waals surface area contributed by atoms with Crippen molar-refractivity contribution in [3.05, 3.63) is 29.8 Å². The molecule has 0 atom stereocenters. The van der Waals surface area contributed by atoms with Crippen LogP contribution in [0.2, 0.25) is 0 Å². The fraction of sp³-hybridized carbons (Fsp3) is 0.500. The third kappa shape index (κ3) is 2.67. The Balaban J connectivity index is 2.05. The van der Waals surface area contributed by atoms with Crippen molar-refractivity contribution >= 4 is 5.69 Å². The van der Waals surface area contributed by atoms with Gasteiger partial charge < -0.3 is 5.32 Å². The Morgan fingerprint density at radius 1 is 1.35 bits per heavy atom. The van der Waals surface area contributed by atoms with Crippen LogP contribution >= 0.6 is 0 Å². The second kappa shape index (κ2) is 5.03. The number of hydrogen-bond acceptors (Lipinski definition) is 3. The number of nitrogens with one attached hydrogen (secondary N) is 1. The van der Waals surface area contributed by atoms with Crippen molar-refractivity contribution in [2.24, 2.45) is 7.05 Å². The Morgan fingerprint density at radius 3 is 2.76 bits per heavy atom. The van der Waals surface area contributed by atoms with Gasteiger partial charge in [0, 0.05) is 19.8 Å². The zero-order chi connectivity index (χ0) is 12.3. The first-order chi connectivity index (χ1) is 8.22. The number of hydrogen-bond donors (Lipinski definition) is 1. The van der Waals surface area contributed by atoms with Gasteiger partial charge >= 0.3 is 0 Å². The summed E-state index contributed by atoms with van der Waals surface area (Å²) >= 11 is 0. The highest BCUT2D eigenvalue weighted by atomic mass is 15.3. The van der Waals surface area contributed by atoms with Gasteiger partial charge in [-0.05, 0) is 19.4 Å². The molecule has 5 nitrogen and oxygen atoms in total. The Morgan fingerprint density at radius 2 is 2.18 bits per heavy atom. The van der Waals surface area contributed by atoms with Crippen LogP contribution in [-0.2, 0) is 26.6 Å². The van der Waals surface area contributed by atoms with Crippen LogP contribution < -0.4 is 5.32 Å². The highest BCUT2D eigenvalue weighted by Gasteiger charge is 2.05. The van der Waals surface area contributed by atoms with Crippen LogP contribution in [-0.4, -0.2) is 19.6 Å². The molecule has 0 aliphatic rings. The van der Waals surface area contributed by atoms with Crippen molar-refractivity contribution in [1.82, 2.24) is 19.6 Å². The van der Waals surface area contributed by atoms with Crippen LogP contribution in [0.3, 0.4) is 0 Å². The van der Waals surface area contributed by atoms with E-state index in [1.807, 2.05) is 24.1 Å². The third-order valence-electron chi connectivity index (χ3n) is 2.75. The molecule has 0 aliphatic carbocycles. The van der Waals surface area contributed by atoms with Gasteiger partial charge in [-0.1, -0.05) is 6.92 Å². The first-order valence-electron chi connectivity index (χ1n) is 6.01. The lowest BCUT2D eigenvalue weighted by atomic mass is 10.3. The largest absolute Gasteiger partial charge is 0.377 e. The second-order valence-electron chi connectivity index (χ2n) is 4.05. The first-order valence-corrected chi connectivity index (χ1v) is 6.01. The van der Waals surface area contributed by atoms with E-state index in [9.17, 15) is 0 Å². The van der Waals surface area contributed by atoms with E-state index in [1.165, 1.54) is 5.69 Å². The topological polar surface area (TPSA) is 47.7 Å². The third-order valence-corrected chi connectivity index (χ3v) is 2.75. The molecule has 0 fully saturated rings. The van der Waals surface area contributed by atoms with Crippen molar-refractivity contribution in [1.29, 1.82) is 0 Å². The summed E-state index contributed by atoms with van der Waals surface area (Å²) < 4.78 is 3.83. The summed E-state index contributed by atoms with van der Waals surface area (Å²) in [6, 6.07) is 2.16. The molecule has 2 aromatic heterocycles. The number of aryl methyl sites for hydroxylation is 3. The van der Waals surface area contributed by atoms with Gasteiger partial charge in [0.25, 0.3) is 0 Å². The minimum atomic E-state index is 0.784. The van der Waals surface area contributed by atoms with Crippen LogP contribution in [0.1, 0.15) is 25.2 Å². The molecule has 0 saturated heterocycles. The lowest BCUT2D eigenvalue weighted by Crippen LogP contribution is -2.07. The highest BCUT2D eigenvalue weighted by Crippen LogP contribution is 2.09. The van der Waals surface area contributed by atoms with Crippen LogP contribution in [0.25, 0.3) is 0 Å². The Kier molecular flexibility index (Phi) is 3.46. The molecule has 17 heavy (non-hydrogen) atoms. The van der Waals surface area contributed by atoms with Crippen LogP contribution in [0, 0.1) is 0 Å². The highest BCUT2D eigenvalue weighted by molar-refractivity contribution is 5.38. The molecule has 0 saturated carbocycles. The van der Waals surface area contributed by atoms with Crippen molar-refractivity contribution in [2.45, 2.75) is 33.4 Å². The van der Waals surface area contributed by atoms with Gasteiger partial charge in [0.2, 0.25) is 0 Å². The molecule has 92 valence electrons. The van der Waals surface area contributed by atoms with Crippen molar-refractivity contribution in [3.8, 4) is 0 Å². The van der Waals surface area contributed by atoms with E-state index in [2.05, 4.69) is 35.4 Å². The summed E-state index contributed by atoms with van der Waals surface area (Å²) in [5, 5.41) is 12.0. The molecular weight excluding hydrogens is 214 g/mol. The van der Waals surface area contributed by atoms with E-state index in [-0.39, 0.29) is 0 Å². The van der Waals surface area contributed by atoms with E-state index < -0.39 is 0 Å². The van der Waals surface area contributed by atoms with Gasteiger partial charge in [-0.2, -0.15) is 10.2 Å². The lowest BCUT2D eigenvalue weighted by molar-refractivity contribution is 0.619. The van der Waals surface area contributed by atoms with Gasteiger partial charge in [0.1, 0.15) is 0 Å². The van der Waals surface area contributed by atoms with Gasteiger partial charge in [-0.3, -0.25) is 9.36 Å². The molecule has 2 rings (SSSR count). The predicted molar refractivity (Wildman–Crippen MR) is 67.8 cm³/mol. The molecule has 1 N–H and O–H groups in total. The SMILES string of the molecule is CCc1cc(CNc2cnn(C)c2)n(CC)n1. The van der Waals surface area contributed by atoms with Gasteiger partial charge in [-0.25, -0.2) is 0 Å². The van der Waals surface area contributed by atoms with Gasteiger partial charge in [0.15, 0.2) is 0 Å². The average Bonchev–Trinajstić information content (AvgIpc) is 2.92. The molecule has 5 heteroatoms. The number of nitrogens with zero attached hydrogens (tertiary/aromatic N) is 4. The summed E-state index contributed by atoms with van der Waals surface area (Å²) in [4.78, 5) is 0. The van der Waals surface area contributed by atoms with E-state index in [1.54, 1.807) is 4.68 Å². The number of rotatable bonds is 5. The zero-order valence-electron chi connectivity index (χ0n) is 10.6. The first kappa shape index (κ1) is 11.7. The van der Waals surface area contributed by atoms with E-state index in [4.69, 9.17) is 0 Å². The molecule has 2 heterocycles. The fourth-order valence-corrected chi connectivity index (χ4v) is 1.81. The second-order valence-corrected chi connectivity index (χ2v) is 4.05. The van der Waals surface area contributed by atoms with Crippen LogP contribution in [0.4, 0.5) is 5.69 Å². The molecule has 0 unspecified atom stereocenters. The lowest BCUT2D eigenvalue weighted by Gasteiger charge is -2.05. The molecule has 0 radical (unpaired) electrons. The fourth-order valence-electron chi connectivity index (χ4n) is 1.81. The standard InChI is InChI=1S/C12H19N5/c1-4-10-6-12(17(5-2)15-10)8-13-11-7-14-16(3)9-11/h6-7,9,13H,4-5,8H2,1-3H3. The quantitative estimate of drug-likeness (QED) is 0.856. The van der Waals surface area contributed by atoms with E-state index in [0.717, 1.165) is 30.9 Å². The molecule has 0 spiro atoms. The monoisotopic (exact) mass is 233 g/mol. The molecule has 2 aromatic rings. The molecule has 0 aromatic carbocycles. The smallest absolute Gasteiger partial charge is 0.0729 e. The summed E-state index contributed by atoms with van der Waals surface area (Å²) in [5.41, 5.74) is 3.40. The van der Waals surface area contributed by atoms with Crippen molar-refractivity contribution < 1.29 is 0 Å². The van der Waals surface area contributed by atoms with E-state index >= 15 is 0 Å². The zero-order valence-corrected chi connectivity index (χ0v) is 10.6. The summed E-state index contributed by atoms with van der Waals surface area (Å²) in [6.45, 7) is 5.93. The van der Waals surface area contributed by atoms with Gasteiger partial charge in [-0.15, -0.1) is 0 Å². The van der Waals surface area contributed by atoms with Gasteiger partial charge in [0.05, 0.1) is 29.8 Å². The predicted octanol–water partition coefficient (Wildman–Crippen LogP) is 1.81. The Hall–Kier alpha value is -1.78. The number of aromatic nitrogens is 4. The molecular formula is C12H19N5. The Bertz CT molecular complexity index is 483. The van der Waals surface area contributed by atoms with Crippen molar-refractivity contribution in [2.75, 3.05) is 5.32 Å². The average molecular weight is 233 g/mol. The van der Waals surface area contributed by atoms with Crippen molar-refractivity contribution in [3.63, 3.8) is 0 Å². The maximum absolute atomic E-state index is 4.52. The van der Waals surface area contributed by atoms with E-state index in [0.29, 0.717) is 0 Å².